The molecule has 6 atom stereocenters. The number of thioether (sulfide) groups is 1. The molecule has 1 unspecified atom stereocenters. The van der Waals surface area contributed by atoms with Crippen LogP contribution in [0.1, 0.15) is 18.0 Å². The van der Waals surface area contributed by atoms with Gasteiger partial charge in [-0.1, -0.05) is 54.6 Å². The molecule has 0 bridgehead atoms. The lowest BCUT2D eigenvalue weighted by molar-refractivity contribution is -0.153. The maximum Gasteiger partial charge on any atom is 0.311 e. The predicted molar refractivity (Wildman–Crippen MR) is 146 cm³/mol. The van der Waals surface area contributed by atoms with Gasteiger partial charge in [0.25, 0.3) is 0 Å². The molecular weight excluding hydrogens is 518 g/mol. The highest BCUT2D eigenvalue weighted by Crippen LogP contribution is 2.61. The summed E-state index contributed by atoms with van der Waals surface area (Å²) in [4.78, 5) is 47.9. The number of cyclic esters (lactones) is 1. The smallest absolute Gasteiger partial charge is 0.311 e. The minimum Gasteiger partial charge on any atom is -0.465 e. The van der Waals surface area contributed by atoms with Crippen LogP contribution in [0.4, 0.5) is 0 Å². The van der Waals surface area contributed by atoms with Crippen molar-refractivity contribution in [1.29, 1.82) is 0 Å². The number of hydrogen-bond donors (Lipinski definition) is 1. The Hall–Kier alpha value is -2.66. The number of ether oxygens (including phenoxy) is 2. The molecule has 208 valence electrons. The molecular formula is C29H35N3O6S. The van der Waals surface area contributed by atoms with E-state index in [1.807, 2.05) is 59.5 Å². The molecule has 0 aliphatic carbocycles. The first-order chi connectivity index (χ1) is 19.0. The molecule has 3 fully saturated rings. The zero-order chi connectivity index (χ0) is 27.0. The van der Waals surface area contributed by atoms with Crippen molar-refractivity contribution in [2.45, 2.75) is 28.5 Å². The van der Waals surface area contributed by atoms with Crippen molar-refractivity contribution in [3.63, 3.8) is 0 Å². The topological polar surface area (TPSA) is 99.6 Å². The molecule has 5 heterocycles. The van der Waals surface area contributed by atoms with Gasteiger partial charge in [0.2, 0.25) is 11.8 Å². The number of amides is 2. The first-order valence-electron chi connectivity index (χ1n) is 13.8. The first kappa shape index (κ1) is 26.6. The van der Waals surface area contributed by atoms with Crippen LogP contribution in [0.2, 0.25) is 0 Å². The van der Waals surface area contributed by atoms with Crippen molar-refractivity contribution >= 4 is 29.5 Å². The molecule has 39 heavy (non-hydrogen) atoms. The van der Waals surface area contributed by atoms with E-state index in [2.05, 4.69) is 4.90 Å². The monoisotopic (exact) mass is 553 g/mol. The number of likely N-dealkylation sites (tertiary alicyclic amines) is 1. The highest BCUT2D eigenvalue weighted by Gasteiger charge is 2.71. The Balaban J connectivity index is 1.40. The Morgan fingerprint density at radius 2 is 1.82 bits per heavy atom. The van der Waals surface area contributed by atoms with Crippen molar-refractivity contribution in [2.24, 2.45) is 11.8 Å². The molecule has 1 N–H and O–H groups in total. The lowest BCUT2D eigenvalue weighted by Crippen LogP contribution is -2.55. The SMILES string of the molecule is O=C1OCCC=C[C@@H]2S[C@]34C=CCN(CCN5CCOCC5)C(=O)C3N([C@H](CO)c3ccccc3)C(=O)[C@@H]4[C@H]12. The third kappa shape index (κ3) is 4.61. The average Bonchev–Trinajstić information content (AvgIpc) is 3.33. The molecule has 0 saturated carbocycles. The van der Waals surface area contributed by atoms with Crippen molar-refractivity contribution < 1.29 is 29.0 Å². The van der Waals surface area contributed by atoms with Crippen LogP contribution in [0.5, 0.6) is 0 Å². The van der Waals surface area contributed by atoms with Crippen molar-refractivity contribution in [1.82, 2.24) is 14.7 Å². The minimum absolute atomic E-state index is 0.141. The fourth-order valence-electron chi connectivity index (χ4n) is 6.75. The molecule has 6 rings (SSSR count). The molecule has 3 saturated heterocycles. The Kier molecular flexibility index (Phi) is 7.54. The van der Waals surface area contributed by atoms with Gasteiger partial charge in [-0.15, -0.1) is 11.8 Å². The van der Waals surface area contributed by atoms with Gasteiger partial charge in [0.15, 0.2) is 0 Å². The van der Waals surface area contributed by atoms with Gasteiger partial charge in [-0.2, -0.15) is 0 Å². The summed E-state index contributed by atoms with van der Waals surface area (Å²) in [5, 5.41) is 10.3. The molecule has 5 aliphatic rings. The highest BCUT2D eigenvalue weighted by atomic mass is 32.2. The Bertz CT molecular complexity index is 1150. The van der Waals surface area contributed by atoms with Gasteiger partial charge in [0.05, 0.1) is 49.1 Å². The summed E-state index contributed by atoms with van der Waals surface area (Å²) in [6.07, 6.45) is 8.63. The van der Waals surface area contributed by atoms with Crippen LogP contribution in [-0.4, -0.2) is 113 Å². The zero-order valence-corrected chi connectivity index (χ0v) is 22.7. The van der Waals surface area contributed by atoms with E-state index in [4.69, 9.17) is 9.47 Å². The van der Waals surface area contributed by atoms with Gasteiger partial charge in [0, 0.05) is 38.0 Å². The van der Waals surface area contributed by atoms with E-state index in [9.17, 15) is 19.5 Å². The number of esters is 1. The molecule has 1 aromatic carbocycles. The van der Waals surface area contributed by atoms with Crippen molar-refractivity contribution in [3.8, 4) is 0 Å². The number of fused-ring (bicyclic) bond motifs is 2. The molecule has 2 amide bonds. The summed E-state index contributed by atoms with van der Waals surface area (Å²) in [6, 6.07) is 7.78. The Morgan fingerprint density at radius 1 is 1.03 bits per heavy atom. The van der Waals surface area contributed by atoms with Crippen molar-refractivity contribution in [2.75, 3.05) is 59.2 Å². The number of nitrogens with zero attached hydrogens (tertiary/aromatic N) is 3. The summed E-state index contributed by atoms with van der Waals surface area (Å²) < 4.78 is 10.1. The number of aliphatic hydroxyl groups is 1. The molecule has 0 radical (unpaired) electrons. The van der Waals surface area contributed by atoms with Gasteiger partial charge in [-0.3, -0.25) is 19.3 Å². The van der Waals surface area contributed by atoms with Gasteiger partial charge in [-0.05, 0) is 12.0 Å². The van der Waals surface area contributed by atoms with Crippen LogP contribution in [0.15, 0.2) is 54.6 Å². The highest BCUT2D eigenvalue weighted by molar-refractivity contribution is 8.02. The normalized spacial score (nSPS) is 33.6. The first-order valence-corrected chi connectivity index (χ1v) is 14.7. The number of benzene rings is 1. The quantitative estimate of drug-likeness (QED) is 0.415. The molecule has 1 aromatic rings. The second-order valence-corrected chi connectivity index (χ2v) is 12.2. The van der Waals surface area contributed by atoms with E-state index in [1.54, 1.807) is 4.90 Å². The number of morpholine rings is 1. The van der Waals surface area contributed by atoms with E-state index in [0.717, 1.165) is 25.2 Å². The van der Waals surface area contributed by atoms with Gasteiger partial charge < -0.3 is 24.4 Å². The average molecular weight is 554 g/mol. The number of carbonyl (C=O) groups excluding carboxylic acids is 3. The summed E-state index contributed by atoms with van der Waals surface area (Å²) >= 11 is 1.53. The largest absolute Gasteiger partial charge is 0.465 e. The third-order valence-corrected chi connectivity index (χ3v) is 10.4. The van der Waals surface area contributed by atoms with E-state index in [-0.39, 0.29) is 36.2 Å². The minimum atomic E-state index is -0.937. The van der Waals surface area contributed by atoms with Crippen LogP contribution in [0, 0.1) is 11.8 Å². The van der Waals surface area contributed by atoms with E-state index in [0.29, 0.717) is 32.7 Å². The predicted octanol–water partition coefficient (Wildman–Crippen LogP) is 1.25. The molecule has 9 nitrogen and oxygen atoms in total. The fourth-order valence-corrected chi connectivity index (χ4v) is 8.73. The van der Waals surface area contributed by atoms with Gasteiger partial charge in [0.1, 0.15) is 6.04 Å². The summed E-state index contributed by atoms with van der Waals surface area (Å²) in [5.41, 5.74) is 0.756. The number of hydrogen-bond acceptors (Lipinski definition) is 8. The number of carbonyl (C=O) groups is 3. The molecule has 1 spiro atoms. The summed E-state index contributed by atoms with van der Waals surface area (Å²) in [6.45, 7) is 4.64. The van der Waals surface area contributed by atoms with E-state index in [1.165, 1.54) is 11.8 Å². The van der Waals surface area contributed by atoms with Crippen molar-refractivity contribution in [3.05, 3.63) is 60.2 Å². The standard InChI is InChI=1S/C29H35N3O6S/c33-19-21(20-7-2-1-3-8-20)32-25-27(35)31(13-12-30-14-17-37-18-15-30)11-6-10-29(25)24(26(32)34)23-22(39-29)9-4-5-16-38-28(23)36/h1-4,6-10,21-25,33H,5,11-19H2/t21-,22+,23-,24+,25?,29+/m1/s1. The molecule has 5 aliphatic heterocycles. The lowest BCUT2D eigenvalue weighted by atomic mass is 9.78. The van der Waals surface area contributed by atoms with Crippen LogP contribution >= 0.6 is 11.8 Å². The molecule has 0 aromatic heterocycles. The number of rotatable bonds is 6. The van der Waals surface area contributed by atoms with Crippen LogP contribution in [0.25, 0.3) is 0 Å². The maximum absolute atomic E-state index is 14.5. The van der Waals surface area contributed by atoms with Gasteiger partial charge in [-0.25, -0.2) is 0 Å². The summed E-state index contributed by atoms with van der Waals surface area (Å²) in [7, 11) is 0. The fraction of sp³-hybridized carbons (Fsp3) is 0.552. The van der Waals surface area contributed by atoms with E-state index >= 15 is 0 Å². The molecule has 10 heteroatoms. The number of aliphatic hydroxyl groups excluding tert-OH is 1. The van der Waals surface area contributed by atoms with Crippen LogP contribution in [-0.2, 0) is 23.9 Å². The van der Waals surface area contributed by atoms with Crippen LogP contribution < -0.4 is 0 Å². The van der Waals surface area contributed by atoms with Crippen LogP contribution in [0.3, 0.4) is 0 Å². The summed E-state index contributed by atoms with van der Waals surface area (Å²) in [5.74, 6) is -2.26. The van der Waals surface area contributed by atoms with E-state index < -0.39 is 28.7 Å². The third-order valence-electron chi connectivity index (χ3n) is 8.62. The Morgan fingerprint density at radius 3 is 2.59 bits per heavy atom. The zero-order valence-electron chi connectivity index (χ0n) is 21.9. The van der Waals surface area contributed by atoms with Gasteiger partial charge >= 0.3 is 5.97 Å². The lowest BCUT2D eigenvalue weighted by Gasteiger charge is -2.39. The maximum atomic E-state index is 14.5. The second kappa shape index (κ2) is 11.1. The Labute approximate surface area is 232 Å². The second-order valence-electron chi connectivity index (χ2n) is 10.7.